The Labute approximate surface area is 83.4 Å². The molecule has 0 unspecified atom stereocenters. The van der Waals surface area contributed by atoms with Crippen LogP contribution in [0.4, 0.5) is 0 Å². The highest BCUT2D eigenvalue weighted by Gasteiger charge is 1.94. The maximum atomic E-state index is 10.0. The van der Waals surface area contributed by atoms with Crippen molar-refractivity contribution in [1.29, 1.82) is 0 Å². The van der Waals surface area contributed by atoms with Crippen molar-refractivity contribution in [2.75, 3.05) is 0 Å². The van der Waals surface area contributed by atoms with E-state index in [-0.39, 0.29) is 0 Å². The lowest BCUT2D eigenvalue weighted by atomic mass is 10.2. The molecule has 1 rings (SSSR count). The lowest BCUT2D eigenvalue weighted by Crippen LogP contribution is -1.83. The topological polar surface area (TPSA) is 43.1 Å². The SMILES string of the molecule is O=[N+]([O-])C=Cc1ccccc1I. The van der Waals surface area contributed by atoms with Gasteiger partial charge in [0.05, 0.1) is 4.92 Å². The van der Waals surface area contributed by atoms with Crippen LogP contribution in [0.15, 0.2) is 30.5 Å². The van der Waals surface area contributed by atoms with Crippen molar-refractivity contribution in [3.63, 3.8) is 0 Å². The van der Waals surface area contributed by atoms with Gasteiger partial charge in [-0.15, -0.1) is 0 Å². The summed E-state index contributed by atoms with van der Waals surface area (Å²) in [5.41, 5.74) is 0.870. The maximum Gasteiger partial charge on any atom is 0.235 e. The largest absolute Gasteiger partial charge is 0.259 e. The summed E-state index contributed by atoms with van der Waals surface area (Å²) in [4.78, 5) is 9.53. The lowest BCUT2D eigenvalue weighted by molar-refractivity contribution is -0.400. The summed E-state index contributed by atoms with van der Waals surface area (Å²) in [6, 6.07) is 7.48. The summed E-state index contributed by atoms with van der Waals surface area (Å²) < 4.78 is 1.01. The molecule has 1 aromatic carbocycles. The first-order chi connectivity index (χ1) is 5.70. The molecule has 0 saturated heterocycles. The van der Waals surface area contributed by atoms with Crippen LogP contribution in [-0.4, -0.2) is 4.92 Å². The van der Waals surface area contributed by atoms with Crippen LogP contribution in [0.1, 0.15) is 5.56 Å². The van der Waals surface area contributed by atoms with Crippen LogP contribution in [0.25, 0.3) is 6.08 Å². The summed E-state index contributed by atoms with van der Waals surface area (Å²) in [6.45, 7) is 0. The monoisotopic (exact) mass is 275 g/mol. The number of hydrogen-bond donors (Lipinski definition) is 0. The molecular formula is C8H6INO2. The van der Waals surface area contributed by atoms with Gasteiger partial charge in [0.2, 0.25) is 6.20 Å². The molecule has 0 fully saturated rings. The van der Waals surface area contributed by atoms with Gasteiger partial charge in [0.1, 0.15) is 0 Å². The fourth-order valence-corrected chi connectivity index (χ4v) is 1.32. The van der Waals surface area contributed by atoms with E-state index in [2.05, 4.69) is 22.6 Å². The second kappa shape index (κ2) is 4.20. The minimum absolute atomic E-state index is 0.469. The Bertz CT molecular complexity index is 323. The average Bonchev–Trinajstić information content (AvgIpc) is 2.03. The molecule has 0 aliphatic carbocycles. The number of rotatable bonds is 2. The first-order valence-corrected chi connectivity index (χ1v) is 4.34. The van der Waals surface area contributed by atoms with Gasteiger partial charge in [0, 0.05) is 9.65 Å². The third-order valence-electron chi connectivity index (χ3n) is 1.28. The van der Waals surface area contributed by atoms with Gasteiger partial charge in [-0.3, -0.25) is 10.1 Å². The van der Waals surface area contributed by atoms with Crippen LogP contribution >= 0.6 is 22.6 Å². The van der Waals surface area contributed by atoms with Crippen molar-refractivity contribution in [3.05, 3.63) is 49.7 Å². The van der Waals surface area contributed by atoms with E-state index in [9.17, 15) is 10.1 Å². The molecule has 0 saturated carbocycles. The molecule has 1 aromatic rings. The molecule has 0 N–H and O–H groups in total. The zero-order valence-corrected chi connectivity index (χ0v) is 8.26. The highest BCUT2D eigenvalue weighted by Crippen LogP contribution is 2.12. The summed E-state index contributed by atoms with van der Waals surface area (Å²) in [5.74, 6) is 0. The van der Waals surface area contributed by atoms with Gasteiger partial charge in [0.25, 0.3) is 0 Å². The predicted molar refractivity (Wildman–Crippen MR) is 55.2 cm³/mol. The van der Waals surface area contributed by atoms with E-state index in [1.165, 1.54) is 6.08 Å². The molecule has 0 radical (unpaired) electrons. The van der Waals surface area contributed by atoms with Crippen molar-refractivity contribution in [3.8, 4) is 0 Å². The molecule has 4 heteroatoms. The quantitative estimate of drug-likeness (QED) is 0.473. The summed E-state index contributed by atoms with van der Waals surface area (Å²) in [6.07, 6.45) is 2.43. The lowest BCUT2D eigenvalue weighted by Gasteiger charge is -1.93. The normalized spacial score (nSPS) is 10.4. The zero-order chi connectivity index (χ0) is 8.97. The Morgan fingerprint density at radius 2 is 2.08 bits per heavy atom. The van der Waals surface area contributed by atoms with E-state index >= 15 is 0 Å². The highest BCUT2D eigenvalue weighted by atomic mass is 127. The van der Waals surface area contributed by atoms with E-state index in [1.54, 1.807) is 0 Å². The van der Waals surface area contributed by atoms with Crippen LogP contribution in [0, 0.1) is 13.7 Å². The first-order valence-electron chi connectivity index (χ1n) is 3.26. The molecule has 0 bridgehead atoms. The fraction of sp³-hybridized carbons (Fsp3) is 0. The summed E-state index contributed by atoms with van der Waals surface area (Å²) >= 11 is 2.13. The first kappa shape index (κ1) is 9.18. The van der Waals surface area contributed by atoms with E-state index in [4.69, 9.17) is 0 Å². The average molecular weight is 275 g/mol. The van der Waals surface area contributed by atoms with Crippen molar-refractivity contribution in [2.24, 2.45) is 0 Å². The molecule has 0 aliphatic rings. The number of benzene rings is 1. The van der Waals surface area contributed by atoms with E-state index in [0.717, 1.165) is 15.3 Å². The molecular weight excluding hydrogens is 269 g/mol. The molecule has 0 aliphatic heterocycles. The maximum absolute atomic E-state index is 10.0. The third kappa shape index (κ3) is 2.61. The van der Waals surface area contributed by atoms with E-state index < -0.39 is 4.92 Å². The van der Waals surface area contributed by atoms with Gasteiger partial charge in [-0.25, -0.2) is 0 Å². The molecule has 62 valence electrons. The predicted octanol–water partition coefficient (Wildman–Crippen LogP) is 2.54. The highest BCUT2D eigenvalue weighted by molar-refractivity contribution is 14.1. The van der Waals surface area contributed by atoms with E-state index in [1.807, 2.05) is 24.3 Å². The number of halogens is 1. The van der Waals surface area contributed by atoms with Gasteiger partial charge in [-0.1, -0.05) is 18.2 Å². The Morgan fingerprint density at radius 3 is 2.67 bits per heavy atom. The minimum Gasteiger partial charge on any atom is -0.259 e. The molecule has 0 amide bonds. The van der Waals surface area contributed by atoms with Gasteiger partial charge in [-0.2, -0.15) is 0 Å². The zero-order valence-electron chi connectivity index (χ0n) is 6.11. The van der Waals surface area contributed by atoms with Crippen molar-refractivity contribution < 1.29 is 4.92 Å². The summed E-state index contributed by atoms with van der Waals surface area (Å²) in [7, 11) is 0. The molecule has 0 atom stereocenters. The Balaban J connectivity index is 2.89. The fourth-order valence-electron chi connectivity index (χ4n) is 0.751. The number of nitro groups is 1. The number of nitrogens with zero attached hydrogens (tertiary/aromatic N) is 1. The second-order valence-electron chi connectivity index (χ2n) is 2.12. The Hall–Kier alpha value is -0.910. The van der Waals surface area contributed by atoms with Gasteiger partial charge >= 0.3 is 0 Å². The van der Waals surface area contributed by atoms with Crippen LogP contribution in [0.3, 0.4) is 0 Å². The van der Waals surface area contributed by atoms with Crippen LogP contribution in [0.5, 0.6) is 0 Å². The Morgan fingerprint density at radius 1 is 1.42 bits per heavy atom. The van der Waals surface area contributed by atoms with Crippen molar-refractivity contribution in [2.45, 2.75) is 0 Å². The molecule has 12 heavy (non-hydrogen) atoms. The molecule has 0 aromatic heterocycles. The van der Waals surface area contributed by atoms with Crippen molar-refractivity contribution in [1.82, 2.24) is 0 Å². The van der Waals surface area contributed by atoms with Crippen molar-refractivity contribution >= 4 is 28.7 Å². The summed E-state index contributed by atoms with van der Waals surface area (Å²) in [5, 5.41) is 10.0. The standard InChI is InChI=1S/C8H6INO2/c9-8-4-2-1-3-7(8)5-6-10(11)12/h1-6H. The van der Waals surface area contributed by atoms with Gasteiger partial charge in [0.15, 0.2) is 0 Å². The van der Waals surface area contributed by atoms with E-state index in [0.29, 0.717) is 0 Å². The van der Waals surface area contributed by atoms with Crippen LogP contribution in [0.2, 0.25) is 0 Å². The van der Waals surface area contributed by atoms with Crippen LogP contribution in [-0.2, 0) is 0 Å². The Kier molecular flexibility index (Phi) is 3.21. The third-order valence-corrected chi connectivity index (χ3v) is 2.26. The number of hydrogen-bond acceptors (Lipinski definition) is 2. The second-order valence-corrected chi connectivity index (χ2v) is 3.28. The molecule has 0 spiro atoms. The van der Waals surface area contributed by atoms with Gasteiger partial charge < -0.3 is 0 Å². The van der Waals surface area contributed by atoms with Crippen LogP contribution < -0.4 is 0 Å². The van der Waals surface area contributed by atoms with Gasteiger partial charge in [-0.05, 0) is 34.2 Å². The smallest absolute Gasteiger partial charge is 0.235 e. The molecule has 3 nitrogen and oxygen atoms in total. The minimum atomic E-state index is -0.469. The molecule has 0 heterocycles.